The predicted octanol–water partition coefficient (Wildman–Crippen LogP) is 7.41. The van der Waals surface area contributed by atoms with Gasteiger partial charge in [0, 0.05) is 16.6 Å². The average Bonchev–Trinajstić information content (AvgIpc) is 2.90. The van der Waals surface area contributed by atoms with E-state index in [1.54, 1.807) is 24.3 Å². The fraction of sp³-hybridized carbons (Fsp3) is 0.167. The SMILES string of the molecule is C#CCOc1ccc2nc(C(=C)Nc3ccc(C#N)c(C(F)(F)F)c3)nc(-c3ccc(C(C)C)cc3)c2c1. The zero-order chi connectivity index (χ0) is 27.4. The summed E-state index contributed by atoms with van der Waals surface area (Å²) in [5, 5.41) is 12.6. The standard InChI is InChI=1S/C30H23F3N4O/c1-5-14-38-24-12-13-27-25(16-24)28(21-8-6-20(7-9-21)18(2)3)37-29(36-27)19(4)35-23-11-10-22(17-34)26(15-23)30(31,32)33/h1,6-13,15-16,18,35H,4,14H2,2-3H3. The van der Waals surface area contributed by atoms with E-state index in [0.29, 0.717) is 28.3 Å². The Bertz CT molecular complexity index is 1590. The van der Waals surface area contributed by atoms with Crippen LogP contribution in [0.2, 0.25) is 0 Å². The summed E-state index contributed by atoms with van der Waals surface area (Å²) >= 11 is 0. The monoisotopic (exact) mass is 512 g/mol. The first kappa shape index (κ1) is 26.2. The number of ether oxygens (including phenoxy) is 1. The Morgan fingerprint density at radius 1 is 1.08 bits per heavy atom. The van der Waals surface area contributed by atoms with Gasteiger partial charge < -0.3 is 10.1 Å². The Kier molecular flexibility index (Phi) is 7.36. The quantitative estimate of drug-likeness (QED) is 0.261. The number of anilines is 1. The molecule has 4 aromatic rings. The molecule has 5 nitrogen and oxygen atoms in total. The summed E-state index contributed by atoms with van der Waals surface area (Å²) in [4.78, 5) is 9.31. The van der Waals surface area contributed by atoms with E-state index in [-0.39, 0.29) is 23.8 Å². The smallest absolute Gasteiger partial charge is 0.417 e. The number of hydrogen-bond donors (Lipinski definition) is 1. The Labute approximate surface area is 218 Å². The second kappa shape index (κ2) is 10.7. The van der Waals surface area contributed by atoms with Crippen molar-refractivity contribution in [1.82, 2.24) is 9.97 Å². The lowest BCUT2D eigenvalue weighted by Gasteiger charge is -2.15. The Morgan fingerprint density at radius 3 is 2.45 bits per heavy atom. The summed E-state index contributed by atoms with van der Waals surface area (Å²) in [5.74, 6) is 3.54. The van der Waals surface area contributed by atoms with Crippen molar-refractivity contribution in [3.8, 4) is 35.4 Å². The number of nitrogens with one attached hydrogen (secondary N) is 1. The molecule has 1 aromatic heterocycles. The molecule has 8 heteroatoms. The molecule has 1 N–H and O–H groups in total. The number of alkyl halides is 3. The maximum atomic E-state index is 13.4. The van der Waals surface area contributed by atoms with Crippen LogP contribution in [0.4, 0.5) is 18.9 Å². The zero-order valence-electron chi connectivity index (χ0n) is 20.7. The van der Waals surface area contributed by atoms with E-state index in [1.807, 2.05) is 24.3 Å². The molecule has 0 saturated carbocycles. The number of hydrogen-bond acceptors (Lipinski definition) is 5. The van der Waals surface area contributed by atoms with Gasteiger partial charge in [-0.05, 0) is 47.9 Å². The molecule has 0 spiro atoms. The zero-order valence-corrected chi connectivity index (χ0v) is 20.7. The average molecular weight is 513 g/mol. The van der Waals surface area contributed by atoms with Gasteiger partial charge in [-0.1, -0.05) is 50.6 Å². The largest absolute Gasteiger partial charge is 0.481 e. The van der Waals surface area contributed by atoms with Gasteiger partial charge in [-0.15, -0.1) is 6.42 Å². The van der Waals surface area contributed by atoms with Crippen LogP contribution < -0.4 is 10.1 Å². The summed E-state index contributed by atoms with van der Waals surface area (Å²) in [5.41, 5.74) is 1.96. The lowest BCUT2D eigenvalue weighted by atomic mass is 9.99. The molecular formula is C30H23F3N4O. The first-order chi connectivity index (χ1) is 18.1. The highest BCUT2D eigenvalue weighted by atomic mass is 19.4. The summed E-state index contributed by atoms with van der Waals surface area (Å²) in [6.07, 6.45) is 0.637. The van der Waals surface area contributed by atoms with Gasteiger partial charge in [0.2, 0.25) is 0 Å². The van der Waals surface area contributed by atoms with Gasteiger partial charge >= 0.3 is 6.18 Å². The van der Waals surface area contributed by atoms with Crippen LogP contribution in [-0.4, -0.2) is 16.6 Å². The normalized spacial score (nSPS) is 11.2. The molecule has 0 aliphatic rings. The van der Waals surface area contributed by atoms with E-state index in [9.17, 15) is 13.2 Å². The molecule has 4 rings (SSSR count). The Balaban J connectivity index is 1.78. The minimum absolute atomic E-state index is 0.103. The third-order valence-corrected chi connectivity index (χ3v) is 5.85. The van der Waals surface area contributed by atoms with Crippen LogP contribution in [0.5, 0.6) is 5.75 Å². The highest BCUT2D eigenvalue weighted by molar-refractivity contribution is 5.94. The van der Waals surface area contributed by atoms with Gasteiger partial charge in [0.15, 0.2) is 5.82 Å². The molecule has 0 radical (unpaired) electrons. The number of benzene rings is 3. The highest BCUT2D eigenvalue weighted by Crippen LogP contribution is 2.35. The molecule has 0 amide bonds. The summed E-state index contributed by atoms with van der Waals surface area (Å²) in [6.45, 7) is 8.27. The highest BCUT2D eigenvalue weighted by Gasteiger charge is 2.34. The number of fused-ring (bicyclic) bond motifs is 1. The van der Waals surface area contributed by atoms with E-state index in [2.05, 4.69) is 36.6 Å². The minimum atomic E-state index is -4.68. The number of nitrogens with zero attached hydrogens (tertiary/aromatic N) is 3. The van der Waals surface area contributed by atoms with Crippen molar-refractivity contribution in [1.29, 1.82) is 5.26 Å². The third kappa shape index (κ3) is 5.61. The van der Waals surface area contributed by atoms with Gasteiger partial charge in [-0.3, -0.25) is 0 Å². The van der Waals surface area contributed by atoms with Crippen LogP contribution in [-0.2, 0) is 6.18 Å². The lowest BCUT2D eigenvalue weighted by molar-refractivity contribution is -0.137. The lowest BCUT2D eigenvalue weighted by Crippen LogP contribution is -2.10. The van der Waals surface area contributed by atoms with Gasteiger partial charge in [0.25, 0.3) is 0 Å². The van der Waals surface area contributed by atoms with Crippen LogP contribution in [0.3, 0.4) is 0 Å². The van der Waals surface area contributed by atoms with Crippen molar-refractivity contribution >= 4 is 22.3 Å². The molecule has 1 heterocycles. The van der Waals surface area contributed by atoms with Gasteiger partial charge in [0.1, 0.15) is 12.4 Å². The first-order valence-electron chi connectivity index (χ1n) is 11.7. The van der Waals surface area contributed by atoms with Crippen LogP contribution in [0.15, 0.2) is 67.2 Å². The molecule has 0 aliphatic carbocycles. The number of halogens is 3. The molecule has 0 unspecified atom stereocenters. The molecule has 0 fully saturated rings. The van der Waals surface area contributed by atoms with Crippen molar-refractivity contribution in [2.45, 2.75) is 25.9 Å². The molecular weight excluding hydrogens is 489 g/mol. The van der Waals surface area contributed by atoms with Gasteiger partial charge in [-0.2, -0.15) is 18.4 Å². The van der Waals surface area contributed by atoms with E-state index in [1.165, 1.54) is 6.07 Å². The number of rotatable bonds is 7. The number of terminal acetylenes is 1. The van der Waals surface area contributed by atoms with E-state index in [4.69, 9.17) is 21.4 Å². The second-order valence-corrected chi connectivity index (χ2v) is 8.82. The third-order valence-electron chi connectivity index (χ3n) is 5.85. The van der Waals surface area contributed by atoms with E-state index < -0.39 is 17.3 Å². The fourth-order valence-corrected chi connectivity index (χ4v) is 3.89. The molecule has 0 aliphatic heterocycles. The van der Waals surface area contributed by atoms with Crippen molar-refractivity contribution in [3.05, 3.63) is 89.8 Å². The molecule has 3 aromatic carbocycles. The molecule has 38 heavy (non-hydrogen) atoms. The summed E-state index contributed by atoms with van der Waals surface area (Å²) < 4.78 is 45.9. The molecule has 190 valence electrons. The van der Waals surface area contributed by atoms with E-state index >= 15 is 0 Å². The number of aromatic nitrogens is 2. The summed E-state index contributed by atoms with van der Waals surface area (Å²) in [7, 11) is 0. The maximum absolute atomic E-state index is 13.4. The first-order valence-corrected chi connectivity index (χ1v) is 11.7. The molecule has 0 bridgehead atoms. The van der Waals surface area contributed by atoms with Gasteiger partial charge in [0.05, 0.1) is 34.1 Å². The predicted molar refractivity (Wildman–Crippen MR) is 142 cm³/mol. The van der Waals surface area contributed by atoms with Crippen molar-refractivity contribution < 1.29 is 17.9 Å². The Morgan fingerprint density at radius 2 is 1.82 bits per heavy atom. The Hall–Kier alpha value is -4.82. The van der Waals surface area contributed by atoms with E-state index in [0.717, 1.165) is 23.3 Å². The maximum Gasteiger partial charge on any atom is 0.417 e. The minimum Gasteiger partial charge on any atom is -0.481 e. The van der Waals surface area contributed by atoms with Crippen LogP contribution in [0.25, 0.3) is 27.9 Å². The summed E-state index contributed by atoms with van der Waals surface area (Å²) in [6, 6.07) is 18.2. The van der Waals surface area contributed by atoms with Crippen LogP contribution >= 0.6 is 0 Å². The van der Waals surface area contributed by atoms with Crippen LogP contribution in [0.1, 0.15) is 42.3 Å². The van der Waals surface area contributed by atoms with Gasteiger partial charge in [-0.25, -0.2) is 9.97 Å². The molecule has 0 saturated heterocycles. The fourth-order valence-electron chi connectivity index (χ4n) is 3.89. The topological polar surface area (TPSA) is 70.8 Å². The van der Waals surface area contributed by atoms with Crippen molar-refractivity contribution in [3.63, 3.8) is 0 Å². The van der Waals surface area contributed by atoms with Crippen LogP contribution in [0, 0.1) is 23.7 Å². The van der Waals surface area contributed by atoms with Crippen molar-refractivity contribution in [2.24, 2.45) is 0 Å². The second-order valence-electron chi connectivity index (χ2n) is 8.82. The van der Waals surface area contributed by atoms with Crippen molar-refractivity contribution in [2.75, 3.05) is 11.9 Å². The number of nitriles is 1. The molecule has 0 atom stereocenters.